The van der Waals surface area contributed by atoms with Crippen LogP contribution < -0.4 is 5.32 Å². The lowest BCUT2D eigenvalue weighted by atomic mass is 9.94. The third kappa shape index (κ3) is 3.66. The van der Waals surface area contributed by atoms with Crippen molar-refractivity contribution in [2.24, 2.45) is 0 Å². The molecule has 1 atom stereocenters. The van der Waals surface area contributed by atoms with Crippen LogP contribution in [-0.2, 0) is 9.53 Å². The van der Waals surface area contributed by atoms with Gasteiger partial charge >= 0.3 is 5.97 Å². The number of amides is 1. The molecule has 1 aliphatic rings. The Hall–Kier alpha value is -1.15. The summed E-state index contributed by atoms with van der Waals surface area (Å²) in [6.45, 7) is 0.717. The topological polar surface area (TPSA) is 75.6 Å². The molecule has 0 saturated carbocycles. The van der Waals surface area contributed by atoms with Crippen LogP contribution in [0.25, 0.3) is 0 Å². The number of nitrogens with one attached hydrogen (secondary N) is 1. The molecular weight excluding hydrogens is 361 g/mol. The molecule has 0 radical (unpaired) electrons. The van der Waals surface area contributed by atoms with Gasteiger partial charge in [0, 0.05) is 15.7 Å². The molecule has 6 heteroatoms. The van der Waals surface area contributed by atoms with Crippen LogP contribution in [0, 0.1) is 3.57 Å². The first-order valence-corrected chi connectivity index (χ1v) is 6.96. The van der Waals surface area contributed by atoms with Crippen molar-refractivity contribution in [1.82, 2.24) is 5.32 Å². The Labute approximate surface area is 124 Å². The number of halogens is 1. The number of carbonyl (C=O) groups excluding carboxylic acids is 1. The van der Waals surface area contributed by atoms with Gasteiger partial charge in [0.2, 0.25) is 0 Å². The SMILES string of the molecule is O=C(O)CC1(NC(=O)c2cccc(I)c2)CCOC1. The Morgan fingerprint density at radius 1 is 1.47 bits per heavy atom. The van der Waals surface area contributed by atoms with Crippen LogP contribution in [0.5, 0.6) is 0 Å². The van der Waals surface area contributed by atoms with Gasteiger partial charge in [0.15, 0.2) is 0 Å². The van der Waals surface area contributed by atoms with Gasteiger partial charge in [-0.05, 0) is 47.2 Å². The number of aliphatic carboxylic acids is 1. The maximum atomic E-state index is 12.2. The lowest BCUT2D eigenvalue weighted by Crippen LogP contribution is -2.50. The summed E-state index contributed by atoms with van der Waals surface area (Å²) in [6.07, 6.45) is 0.400. The van der Waals surface area contributed by atoms with E-state index in [0.717, 1.165) is 3.57 Å². The molecule has 0 aromatic heterocycles. The summed E-state index contributed by atoms with van der Waals surface area (Å²) in [5, 5.41) is 11.8. The fourth-order valence-corrected chi connectivity index (χ4v) is 2.66. The summed E-state index contributed by atoms with van der Waals surface area (Å²) in [5.74, 6) is -1.20. The standard InChI is InChI=1S/C13H14INO4/c14-10-3-1-2-9(6-10)12(18)15-13(7-11(16)17)4-5-19-8-13/h1-3,6H,4-5,7-8H2,(H,15,18)(H,16,17). The molecule has 0 aliphatic carbocycles. The number of carboxylic acids is 1. The van der Waals surface area contributed by atoms with E-state index < -0.39 is 11.5 Å². The van der Waals surface area contributed by atoms with E-state index in [1.54, 1.807) is 18.2 Å². The van der Waals surface area contributed by atoms with E-state index in [4.69, 9.17) is 9.84 Å². The van der Waals surface area contributed by atoms with Gasteiger partial charge in [-0.25, -0.2) is 0 Å². The van der Waals surface area contributed by atoms with Crippen molar-refractivity contribution in [2.45, 2.75) is 18.4 Å². The lowest BCUT2D eigenvalue weighted by Gasteiger charge is -2.27. The van der Waals surface area contributed by atoms with Gasteiger partial charge in [-0.3, -0.25) is 9.59 Å². The van der Waals surface area contributed by atoms with Crippen LogP contribution in [0.1, 0.15) is 23.2 Å². The minimum atomic E-state index is -0.937. The third-order valence-corrected chi connectivity index (χ3v) is 3.73. The predicted octanol–water partition coefficient (Wildman–Crippen LogP) is 1.65. The molecule has 1 fully saturated rings. The number of hydrogen-bond acceptors (Lipinski definition) is 3. The molecule has 1 aliphatic heterocycles. The first-order chi connectivity index (χ1) is 9.01. The first-order valence-electron chi connectivity index (χ1n) is 5.88. The third-order valence-electron chi connectivity index (χ3n) is 3.06. The summed E-state index contributed by atoms with van der Waals surface area (Å²) < 4.78 is 6.20. The zero-order valence-electron chi connectivity index (χ0n) is 10.2. The molecule has 2 rings (SSSR count). The van der Waals surface area contributed by atoms with E-state index in [9.17, 15) is 9.59 Å². The molecule has 1 unspecified atom stereocenters. The average molecular weight is 375 g/mol. The monoisotopic (exact) mass is 375 g/mol. The average Bonchev–Trinajstić information content (AvgIpc) is 2.76. The second-order valence-electron chi connectivity index (χ2n) is 4.62. The zero-order chi connectivity index (χ0) is 13.9. The van der Waals surface area contributed by atoms with Crippen molar-refractivity contribution in [3.63, 3.8) is 0 Å². The summed E-state index contributed by atoms with van der Waals surface area (Å²) >= 11 is 2.13. The summed E-state index contributed by atoms with van der Waals surface area (Å²) in [6, 6.07) is 7.16. The highest BCUT2D eigenvalue weighted by molar-refractivity contribution is 14.1. The minimum Gasteiger partial charge on any atom is -0.481 e. The van der Waals surface area contributed by atoms with E-state index in [1.165, 1.54) is 0 Å². The van der Waals surface area contributed by atoms with Crippen LogP contribution in [0.3, 0.4) is 0 Å². The maximum absolute atomic E-state index is 12.2. The van der Waals surface area contributed by atoms with E-state index in [1.807, 2.05) is 6.07 Å². The highest BCUT2D eigenvalue weighted by Gasteiger charge is 2.38. The lowest BCUT2D eigenvalue weighted by molar-refractivity contribution is -0.138. The van der Waals surface area contributed by atoms with E-state index in [0.29, 0.717) is 18.6 Å². The smallest absolute Gasteiger partial charge is 0.305 e. The van der Waals surface area contributed by atoms with Gasteiger partial charge in [-0.2, -0.15) is 0 Å². The molecule has 0 spiro atoms. The number of carboxylic acid groups (broad SMARTS) is 1. The highest BCUT2D eigenvalue weighted by atomic mass is 127. The normalized spacial score (nSPS) is 22.2. The quantitative estimate of drug-likeness (QED) is 0.785. The van der Waals surface area contributed by atoms with Crippen molar-refractivity contribution in [3.8, 4) is 0 Å². The summed E-state index contributed by atoms with van der Waals surface area (Å²) in [7, 11) is 0. The molecule has 2 N–H and O–H groups in total. The molecule has 1 aromatic carbocycles. The summed E-state index contributed by atoms with van der Waals surface area (Å²) in [5.41, 5.74) is -0.256. The van der Waals surface area contributed by atoms with Crippen LogP contribution in [0.2, 0.25) is 0 Å². The van der Waals surface area contributed by atoms with Crippen LogP contribution in [0.4, 0.5) is 0 Å². The molecule has 5 nitrogen and oxygen atoms in total. The first kappa shape index (κ1) is 14.3. The fourth-order valence-electron chi connectivity index (χ4n) is 2.12. The summed E-state index contributed by atoms with van der Waals surface area (Å²) in [4.78, 5) is 23.1. The molecular formula is C13H14INO4. The van der Waals surface area contributed by atoms with Crippen molar-refractivity contribution < 1.29 is 19.4 Å². The fraction of sp³-hybridized carbons (Fsp3) is 0.385. The minimum absolute atomic E-state index is 0.122. The van der Waals surface area contributed by atoms with E-state index >= 15 is 0 Å². The van der Waals surface area contributed by atoms with Gasteiger partial charge in [-0.15, -0.1) is 0 Å². The van der Waals surface area contributed by atoms with Crippen LogP contribution in [0.15, 0.2) is 24.3 Å². The second-order valence-corrected chi connectivity index (χ2v) is 5.86. The van der Waals surface area contributed by atoms with Crippen molar-refractivity contribution in [2.75, 3.05) is 13.2 Å². The van der Waals surface area contributed by atoms with Crippen LogP contribution >= 0.6 is 22.6 Å². The number of rotatable bonds is 4. The number of carbonyl (C=O) groups is 2. The molecule has 1 heterocycles. The Morgan fingerprint density at radius 3 is 2.84 bits per heavy atom. The van der Waals surface area contributed by atoms with Crippen molar-refractivity contribution in [1.29, 1.82) is 0 Å². The van der Waals surface area contributed by atoms with Crippen molar-refractivity contribution >= 4 is 34.5 Å². The van der Waals surface area contributed by atoms with E-state index in [2.05, 4.69) is 27.9 Å². The molecule has 1 amide bonds. The largest absolute Gasteiger partial charge is 0.481 e. The zero-order valence-corrected chi connectivity index (χ0v) is 12.3. The molecule has 1 aromatic rings. The molecule has 0 bridgehead atoms. The maximum Gasteiger partial charge on any atom is 0.305 e. The second kappa shape index (κ2) is 5.87. The number of hydrogen-bond donors (Lipinski definition) is 2. The highest BCUT2D eigenvalue weighted by Crippen LogP contribution is 2.23. The van der Waals surface area contributed by atoms with Gasteiger partial charge in [0.05, 0.1) is 18.6 Å². The molecule has 19 heavy (non-hydrogen) atoms. The molecule has 1 saturated heterocycles. The van der Waals surface area contributed by atoms with Crippen LogP contribution in [-0.4, -0.2) is 35.7 Å². The Balaban J connectivity index is 2.13. The Bertz CT molecular complexity index is 497. The van der Waals surface area contributed by atoms with Gasteiger partial charge < -0.3 is 15.2 Å². The Kier molecular flexibility index (Phi) is 4.41. The number of benzene rings is 1. The predicted molar refractivity (Wildman–Crippen MR) is 77.0 cm³/mol. The van der Waals surface area contributed by atoms with Gasteiger partial charge in [0.25, 0.3) is 5.91 Å². The van der Waals surface area contributed by atoms with Crippen molar-refractivity contribution in [3.05, 3.63) is 33.4 Å². The van der Waals surface area contributed by atoms with Gasteiger partial charge in [-0.1, -0.05) is 6.07 Å². The Morgan fingerprint density at radius 2 is 2.26 bits per heavy atom. The van der Waals surface area contributed by atoms with E-state index in [-0.39, 0.29) is 18.9 Å². The van der Waals surface area contributed by atoms with Gasteiger partial charge in [0.1, 0.15) is 0 Å². The number of ether oxygens (including phenoxy) is 1. The molecule has 102 valence electrons.